The standard InChI is InChI=1S/C17H24O4/c1-3-20-15(18)17(16(19)21-4-2)9-12-8-11-6-5-7-13(11)14(12)10-17/h7,11-12,14H,3-6,8-10H2,1-2H3/t11-,12+,14-/m0/s1. The Morgan fingerprint density at radius 2 is 1.86 bits per heavy atom. The fourth-order valence-corrected chi connectivity index (χ4v) is 4.67. The van der Waals surface area contributed by atoms with Crippen LogP contribution in [-0.2, 0) is 19.1 Å². The van der Waals surface area contributed by atoms with Crippen LogP contribution in [-0.4, -0.2) is 25.2 Å². The molecule has 0 aromatic rings. The molecule has 0 heterocycles. The number of carbonyl (C=O) groups is 2. The van der Waals surface area contributed by atoms with Gasteiger partial charge in [0.2, 0.25) is 0 Å². The van der Waals surface area contributed by atoms with E-state index in [1.54, 1.807) is 13.8 Å². The molecule has 0 unspecified atom stereocenters. The number of esters is 2. The lowest BCUT2D eigenvalue weighted by Gasteiger charge is -2.26. The van der Waals surface area contributed by atoms with Crippen molar-refractivity contribution < 1.29 is 19.1 Å². The van der Waals surface area contributed by atoms with E-state index >= 15 is 0 Å². The summed E-state index contributed by atoms with van der Waals surface area (Å²) >= 11 is 0. The Hall–Kier alpha value is -1.32. The smallest absolute Gasteiger partial charge is 0.323 e. The summed E-state index contributed by atoms with van der Waals surface area (Å²) < 4.78 is 10.4. The Labute approximate surface area is 125 Å². The van der Waals surface area contributed by atoms with Gasteiger partial charge in [-0.15, -0.1) is 0 Å². The molecule has 0 spiro atoms. The zero-order valence-electron chi connectivity index (χ0n) is 12.9. The van der Waals surface area contributed by atoms with Crippen LogP contribution in [0.1, 0.15) is 46.0 Å². The number of carbonyl (C=O) groups excluding carboxylic acids is 2. The fourth-order valence-electron chi connectivity index (χ4n) is 4.67. The van der Waals surface area contributed by atoms with Gasteiger partial charge in [0, 0.05) is 0 Å². The second-order valence-corrected chi connectivity index (χ2v) is 6.51. The first-order valence-corrected chi connectivity index (χ1v) is 8.16. The van der Waals surface area contributed by atoms with Gasteiger partial charge >= 0.3 is 11.9 Å². The Morgan fingerprint density at radius 3 is 2.48 bits per heavy atom. The molecule has 0 radical (unpaired) electrons. The summed E-state index contributed by atoms with van der Waals surface area (Å²) in [5, 5.41) is 0. The maximum Gasteiger partial charge on any atom is 0.323 e. The van der Waals surface area contributed by atoms with Crippen molar-refractivity contribution in [3.8, 4) is 0 Å². The van der Waals surface area contributed by atoms with Crippen LogP contribution in [0, 0.1) is 23.2 Å². The second kappa shape index (κ2) is 5.47. The van der Waals surface area contributed by atoms with E-state index in [2.05, 4.69) is 6.08 Å². The molecule has 3 rings (SSSR count). The van der Waals surface area contributed by atoms with Crippen molar-refractivity contribution in [3.05, 3.63) is 11.6 Å². The molecule has 0 bridgehead atoms. The summed E-state index contributed by atoms with van der Waals surface area (Å²) in [7, 11) is 0. The first-order chi connectivity index (χ1) is 10.1. The van der Waals surface area contributed by atoms with Crippen molar-refractivity contribution in [3.63, 3.8) is 0 Å². The van der Waals surface area contributed by atoms with Gasteiger partial charge in [-0.05, 0) is 63.7 Å². The first kappa shape index (κ1) is 14.6. The van der Waals surface area contributed by atoms with Gasteiger partial charge in [-0.3, -0.25) is 9.59 Å². The summed E-state index contributed by atoms with van der Waals surface area (Å²) in [6.07, 6.45) is 7.03. The van der Waals surface area contributed by atoms with Gasteiger partial charge in [0.1, 0.15) is 0 Å². The Balaban J connectivity index is 1.86. The molecule has 0 saturated heterocycles. The van der Waals surface area contributed by atoms with Crippen molar-refractivity contribution in [2.24, 2.45) is 23.2 Å². The summed E-state index contributed by atoms with van der Waals surface area (Å²) in [4.78, 5) is 24.9. The van der Waals surface area contributed by atoms with E-state index in [0.29, 0.717) is 43.8 Å². The average molecular weight is 292 g/mol. The van der Waals surface area contributed by atoms with Crippen molar-refractivity contribution in [1.29, 1.82) is 0 Å². The predicted octanol–water partition coefficient (Wildman–Crippen LogP) is 2.87. The first-order valence-electron chi connectivity index (χ1n) is 8.16. The molecule has 21 heavy (non-hydrogen) atoms. The van der Waals surface area contributed by atoms with Gasteiger partial charge in [-0.1, -0.05) is 11.6 Å². The minimum atomic E-state index is -1.06. The third-order valence-corrected chi connectivity index (χ3v) is 5.46. The van der Waals surface area contributed by atoms with Crippen LogP contribution in [0.25, 0.3) is 0 Å². The highest BCUT2D eigenvalue weighted by Crippen LogP contribution is 2.60. The monoisotopic (exact) mass is 292 g/mol. The highest BCUT2D eigenvalue weighted by molar-refractivity contribution is 6.00. The molecule has 0 aliphatic heterocycles. The number of fused-ring (bicyclic) bond motifs is 3. The van der Waals surface area contributed by atoms with Crippen LogP contribution in [0.4, 0.5) is 0 Å². The quantitative estimate of drug-likeness (QED) is 0.454. The zero-order chi connectivity index (χ0) is 15.0. The maximum absolute atomic E-state index is 12.5. The molecule has 3 aliphatic carbocycles. The van der Waals surface area contributed by atoms with E-state index in [4.69, 9.17) is 9.47 Å². The molecule has 2 saturated carbocycles. The molecule has 3 aliphatic rings. The lowest BCUT2D eigenvalue weighted by atomic mass is 9.82. The molecule has 116 valence electrons. The van der Waals surface area contributed by atoms with Crippen LogP contribution in [0.15, 0.2) is 11.6 Å². The number of ether oxygens (including phenoxy) is 2. The van der Waals surface area contributed by atoms with E-state index in [0.717, 1.165) is 12.8 Å². The molecule has 0 aromatic carbocycles. The summed E-state index contributed by atoms with van der Waals surface area (Å²) in [6.45, 7) is 4.17. The second-order valence-electron chi connectivity index (χ2n) is 6.51. The lowest BCUT2D eigenvalue weighted by Crippen LogP contribution is -2.40. The third kappa shape index (κ3) is 2.19. The molecule has 4 nitrogen and oxygen atoms in total. The largest absolute Gasteiger partial charge is 0.465 e. The van der Waals surface area contributed by atoms with Gasteiger partial charge in [-0.25, -0.2) is 0 Å². The molecule has 0 aromatic heterocycles. The van der Waals surface area contributed by atoms with Gasteiger partial charge in [0.25, 0.3) is 0 Å². The highest BCUT2D eigenvalue weighted by Gasteiger charge is 2.60. The van der Waals surface area contributed by atoms with Crippen molar-refractivity contribution in [2.45, 2.75) is 46.0 Å². The number of hydrogen-bond donors (Lipinski definition) is 0. The molecule has 4 heteroatoms. The zero-order valence-corrected chi connectivity index (χ0v) is 12.9. The highest BCUT2D eigenvalue weighted by atomic mass is 16.6. The molecular weight excluding hydrogens is 268 g/mol. The van der Waals surface area contributed by atoms with Gasteiger partial charge in [0.05, 0.1) is 13.2 Å². The van der Waals surface area contributed by atoms with Crippen molar-refractivity contribution in [1.82, 2.24) is 0 Å². The van der Waals surface area contributed by atoms with Crippen LogP contribution in [0.2, 0.25) is 0 Å². The SMILES string of the molecule is CCOC(=O)C1(C(=O)OCC)C[C@H]2C[C@@H]3CCC=C3[C@H]2C1. The van der Waals surface area contributed by atoms with E-state index in [1.807, 2.05) is 0 Å². The fraction of sp³-hybridized carbons (Fsp3) is 0.765. The summed E-state index contributed by atoms with van der Waals surface area (Å²) in [5.41, 5.74) is 0.436. The molecule has 3 atom stereocenters. The summed E-state index contributed by atoms with van der Waals surface area (Å²) in [6, 6.07) is 0. The minimum absolute atomic E-state index is 0.306. The average Bonchev–Trinajstić information content (AvgIpc) is 3.09. The lowest BCUT2D eigenvalue weighted by molar-refractivity contribution is -0.172. The van der Waals surface area contributed by atoms with E-state index < -0.39 is 5.41 Å². The van der Waals surface area contributed by atoms with Gasteiger partial charge in [0.15, 0.2) is 5.41 Å². The van der Waals surface area contributed by atoms with E-state index in [-0.39, 0.29) is 11.9 Å². The Bertz CT molecular complexity index is 461. The number of allylic oxidation sites excluding steroid dienone is 2. The van der Waals surface area contributed by atoms with E-state index in [1.165, 1.54) is 12.0 Å². The van der Waals surface area contributed by atoms with Crippen LogP contribution >= 0.6 is 0 Å². The normalized spacial score (nSPS) is 32.3. The van der Waals surface area contributed by atoms with Crippen molar-refractivity contribution in [2.75, 3.05) is 13.2 Å². The van der Waals surface area contributed by atoms with E-state index in [9.17, 15) is 9.59 Å². The molecule has 0 amide bonds. The number of rotatable bonds is 4. The van der Waals surface area contributed by atoms with Gasteiger partial charge in [-0.2, -0.15) is 0 Å². The third-order valence-electron chi connectivity index (χ3n) is 5.46. The van der Waals surface area contributed by atoms with Crippen LogP contribution < -0.4 is 0 Å². The molecular formula is C17H24O4. The maximum atomic E-state index is 12.5. The topological polar surface area (TPSA) is 52.6 Å². The Kier molecular flexibility index (Phi) is 3.80. The van der Waals surface area contributed by atoms with Crippen LogP contribution in [0.3, 0.4) is 0 Å². The number of hydrogen-bond acceptors (Lipinski definition) is 4. The summed E-state index contributed by atoms with van der Waals surface area (Å²) in [5.74, 6) is 0.755. The van der Waals surface area contributed by atoms with Crippen molar-refractivity contribution >= 4 is 11.9 Å². The van der Waals surface area contributed by atoms with Gasteiger partial charge < -0.3 is 9.47 Å². The molecule has 2 fully saturated rings. The predicted molar refractivity (Wildman–Crippen MR) is 77.3 cm³/mol. The Morgan fingerprint density at radius 1 is 1.19 bits per heavy atom. The van der Waals surface area contributed by atoms with Crippen LogP contribution in [0.5, 0.6) is 0 Å². The minimum Gasteiger partial charge on any atom is -0.465 e. The molecule has 0 N–H and O–H groups in total.